The van der Waals surface area contributed by atoms with Gasteiger partial charge >= 0.3 is 0 Å². The van der Waals surface area contributed by atoms with Crippen molar-refractivity contribution in [1.82, 2.24) is 19.0 Å². The highest BCUT2D eigenvalue weighted by Crippen LogP contribution is 2.44. The molecule has 186 valence electrons. The zero-order chi connectivity index (χ0) is 24.6. The van der Waals surface area contributed by atoms with Crippen LogP contribution in [0.5, 0.6) is 0 Å². The number of aromatic nitrogens is 3. The molecule has 2 aromatic heterocycles. The van der Waals surface area contributed by atoms with Crippen LogP contribution in [0.2, 0.25) is 0 Å². The molecule has 0 aromatic carbocycles. The highest BCUT2D eigenvalue weighted by molar-refractivity contribution is 6.99. The van der Waals surface area contributed by atoms with Gasteiger partial charge in [-0.15, -0.1) is 0 Å². The molecule has 5 rings (SSSR count). The van der Waals surface area contributed by atoms with E-state index in [1.807, 2.05) is 0 Å². The highest BCUT2D eigenvalue weighted by Gasteiger charge is 2.48. The monoisotopic (exact) mass is 498 g/mol. The highest BCUT2D eigenvalue weighted by atomic mass is 32.1. The molecule has 1 aliphatic carbocycles. The number of hydrogen-bond donors (Lipinski definition) is 3. The Hall–Kier alpha value is -2.92. The molecule has 2 aliphatic heterocycles. The van der Waals surface area contributed by atoms with Crippen LogP contribution in [0.15, 0.2) is 12.3 Å². The van der Waals surface area contributed by atoms with E-state index in [1.165, 1.54) is 0 Å². The van der Waals surface area contributed by atoms with Gasteiger partial charge in [-0.25, -0.2) is 4.98 Å². The van der Waals surface area contributed by atoms with Crippen molar-refractivity contribution in [3.05, 3.63) is 29.2 Å². The summed E-state index contributed by atoms with van der Waals surface area (Å²) in [6, 6.07) is 0.980. The second kappa shape index (κ2) is 9.62. The van der Waals surface area contributed by atoms with Gasteiger partial charge in [0.2, 0.25) is 11.8 Å². The van der Waals surface area contributed by atoms with E-state index in [-0.39, 0.29) is 23.4 Å². The minimum atomic E-state index is -0.720. The van der Waals surface area contributed by atoms with Gasteiger partial charge in [0.05, 0.1) is 28.5 Å². The van der Waals surface area contributed by atoms with Crippen molar-refractivity contribution in [3.8, 4) is 0 Å². The van der Waals surface area contributed by atoms with E-state index in [0.29, 0.717) is 49.2 Å². The second-order valence-electron chi connectivity index (χ2n) is 9.92. The zero-order valence-electron chi connectivity index (χ0n) is 19.9. The van der Waals surface area contributed by atoms with Crippen LogP contribution < -0.4 is 16.0 Å². The molecule has 3 aliphatic rings. The van der Waals surface area contributed by atoms with E-state index in [9.17, 15) is 14.4 Å². The normalized spacial score (nSPS) is 23.9. The first-order valence-electron chi connectivity index (χ1n) is 12.2. The number of carbonyl (C=O) groups excluding carboxylic acids is 3. The number of hydrogen-bond acceptors (Lipinski definition) is 8. The quantitative estimate of drug-likeness (QED) is 0.577. The Kier molecular flexibility index (Phi) is 6.54. The lowest BCUT2D eigenvalue weighted by Gasteiger charge is -2.32. The van der Waals surface area contributed by atoms with Crippen molar-refractivity contribution in [2.45, 2.75) is 63.8 Å². The van der Waals surface area contributed by atoms with Crippen LogP contribution in [0.4, 0.5) is 11.5 Å². The molecule has 1 unspecified atom stereocenters. The van der Waals surface area contributed by atoms with E-state index >= 15 is 0 Å². The minimum absolute atomic E-state index is 0.0155. The summed E-state index contributed by atoms with van der Waals surface area (Å²) in [5, 5.41) is 8.75. The van der Waals surface area contributed by atoms with Gasteiger partial charge in [0, 0.05) is 31.0 Å². The molecule has 3 amide bonds. The molecule has 0 radical (unpaired) electrons. The molecule has 1 atom stereocenters. The van der Waals surface area contributed by atoms with Gasteiger partial charge in [0.25, 0.3) is 5.91 Å². The molecule has 2 aromatic rings. The van der Waals surface area contributed by atoms with Crippen molar-refractivity contribution in [1.29, 1.82) is 0 Å². The maximum absolute atomic E-state index is 13.4. The Balaban J connectivity index is 1.35. The Bertz CT molecular complexity index is 1140. The first kappa shape index (κ1) is 23.8. The summed E-state index contributed by atoms with van der Waals surface area (Å²) in [6.45, 7) is 4.99. The number of nitrogens with one attached hydrogen (secondary N) is 3. The molecule has 11 heteroatoms. The fourth-order valence-corrected chi connectivity index (χ4v) is 6.00. The number of fused-ring (bicyclic) bond motifs is 2. The van der Waals surface area contributed by atoms with E-state index in [4.69, 9.17) is 4.74 Å². The van der Waals surface area contributed by atoms with Crippen molar-refractivity contribution in [2.24, 2.45) is 11.8 Å². The number of carbonyl (C=O) groups is 3. The molecule has 0 bridgehead atoms. The zero-order valence-corrected chi connectivity index (χ0v) is 20.7. The molecule has 1 saturated carbocycles. The standard InChI is InChI=1S/C24H30N6O4S/c1-13-3-5-15(6-4-13)20(28-21(31)19-14(2)29-35-30-19)22(32)27-18-11-17-16(12-25-18)24(23(33)26-17)7-9-34-10-8-24/h11-13,15,20H,3-10H2,1-2H3,(H,26,33)(H,28,31)(H,25,27,32). The maximum atomic E-state index is 13.4. The molecule has 10 nitrogen and oxygen atoms in total. The summed E-state index contributed by atoms with van der Waals surface area (Å²) in [5.74, 6) is 0.196. The van der Waals surface area contributed by atoms with Crippen molar-refractivity contribution in [3.63, 3.8) is 0 Å². The van der Waals surface area contributed by atoms with Gasteiger partial charge in [-0.05, 0) is 44.4 Å². The van der Waals surface area contributed by atoms with Gasteiger partial charge in [0.15, 0.2) is 5.69 Å². The summed E-state index contributed by atoms with van der Waals surface area (Å²) in [7, 11) is 0. The summed E-state index contributed by atoms with van der Waals surface area (Å²) >= 11 is 0.976. The third-order valence-electron chi connectivity index (χ3n) is 7.67. The summed E-state index contributed by atoms with van der Waals surface area (Å²) < 4.78 is 13.6. The molecule has 35 heavy (non-hydrogen) atoms. The summed E-state index contributed by atoms with van der Waals surface area (Å²) in [5.41, 5.74) is 1.69. The number of nitrogens with zero attached hydrogens (tertiary/aromatic N) is 3. The first-order chi connectivity index (χ1) is 16.9. The lowest BCUT2D eigenvalue weighted by molar-refractivity contribution is -0.124. The number of aryl methyl sites for hydroxylation is 1. The van der Waals surface area contributed by atoms with Crippen LogP contribution in [0.25, 0.3) is 0 Å². The molecule has 1 spiro atoms. The number of rotatable bonds is 5. The average molecular weight is 499 g/mol. The Morgan fingerprint density at radius 2 is 1.94 bits per heavy atom. The molecule has 1 saturated heterocycles. The van der Waals surface area contributed by atoms with Crippen molar-refractivity contribution >= 4 is 41.0 Å². The maximum Gasteiger partial charge on any atom is 0.273 e. The van der Waals surface area contributed by atoms with E-state index in [2.05, 4.69) is 36.6 Å². The molecular formula is C24H30N6O4S. The van der Waals surface area contributed by atoms with Gasteiger partial charge in [-0.3, -0.25) is 14.4 Å². The van der Waals surface area contributed by atoms with E-state index in [0.717, 1.165) is 43.0 Å². The van der Waals surface area contributed by atoms with E-state index < -0.39 is 17.4 Å². The van der Waals surface area contributed by atoms with Crippen LogP contribution in [0.3, 0.4) is 0 Å². The third-order valence-corrected chi connectivity index (χ3v) is 8.29. The largest absolute Gasteiger partial charge is 0.381 e. The Morgan fingerprint density at radius 3 is 2.63 bits per heavy atom. The van der Waals surface area contributed by atoms with Crippen LogP contribution >= 0.6 is 11.7 Å². The Labute approximate surface area is 208 Å². The van der Waals surface area contributed by atoms with E-state index in [1.54, 1.807) is 19.2 Å². The fourth-order valence-electron chi connectivity index (χ4n) is 5.46. The number of pyridine rings is 1. The van der Waals surface area contributed by atoms with Crippen LogP contribution in [-0.4, -0.2) is 50.7 Å². The predicted octanol–water partition coefficient (Wildman–Crippen LogP) is 2.81. The first-order valence-corrected chi connectivity index (χ1v) is 12.9. The smallest absolute Gasteiger partial charge is 0.273 e. The lowest BCUT2D eigenvalue weighted by atomic mass is 9.76. The summed E-state index contributed by atoms with van der Waals surface area (Å²) in [6.07, 6.45) is 6.62. The topological polar surface area (TPSA) is 135 Å². The lowest BCUT2D eigenvalue weighted by Crippen LogP contribution is -2.49. The third kappa shape index (κ3) is 4.54. The minimum Gasteiger partial charge on any atom is -0.381 e. The number of anilines is 2. The number of amides is 3. The molecule has 4 heterocycles. The SMILES string of the molecule is Cc1nsnc1C(=O)NC(C(=O)Nc1cc2c(cn1)C1(CCOCC1)C(=O)N2)C1CCC(C)CC1. The van der Waals surface area contributed by atoms with Crippen LogP contribution in [0.1, 0.15) is 67.2 Å². The van der Waals surface area contributed by atoms with Crippen molar-refractivity contribution < 1.29 is 19.1 Å². The molecule has 3 N–H and O–H groups in total. The van der Waals surface area contributed by atoms with Gasteiger partial charge in [-0.1, -0.05) is 19.8 Å². The molecular weight excluding hydrogens is 468 g/mol. The van der Waals surface area contributed by atoms with Crippen LogP contribution in [-0.2, 0) is 19.7 Å². The van der Waals surface area contributed by atoms with Gasteiger partial charge < -0.3 is 20.7 Å². The summed E-state index contributed by atoms with van der Waals surface area (Å²) in [4.78, 5) is 43.6. The Morgan fingerprint density at radius 1 is 1.20 bits per heavy atom. The molecule has 2 fully saturated rings. The van der Waals surface area contributed by atoms with Crippen molar-refractivity contribution in [2.75, 3.05) is 23.8 Å². The van der Waals surface area contributed by atoms with Crippen LogP contribution in [0, 0.1) is 18.8 Å². The fraction of sp³-hybridized carbons (Fsp3) is 0.583. The average Bonchev–Trinajstić information content (AvgIpc) is 3.39. The van der Waals surface area contributed by atoms with Gasteiger partial charge in [-0.2, -0.15) is 8.75 Å². The predicted molar refractivity (Wildman–Crippen MR) is 130 cm³/mol. The number of ether oxygens (including phenoxy) is 1. The second-order valence-corrected chi connectivity index (χ2v) is 10.5. The van der Waals surface area contributed by atoms with Gasteiger partial charge in [0.1, 0.15) is 11.9 Å².